The molecule has 1 aromatic carbocycles. The van der Waals surface area contributed by atoms with E-state index in [9.17, 15) is 13.2 Å². The molecule has 0 radical (unpaired) electrons. The molecule has 2 saturated carbocycles. The fraction of sp³-hybridized carbons (Fsp3) is 0.636. The van der Waals surface area contributed by atoms with Gasteiger partial charge in [0.25, 0.3) is 0 Å². The van der Waals surface area contributed by atoms with Crippen LogP contribution in [0.5, 0.6) is 5.75 Å². The molecule has 152 valence electrons. The number of nitrogens with zero attached hydrogens (tertiary/aromatic N) is 1. The minimum absolute atomic E-state index is 0.152. The zero-order valence-electron chi connectivity index (χ0n) is 15.9. The molecule has 1 heterocycles. The molecule has 3 aliphatic carbocycles. The van der Waals surface area contributed by atoms with Gasteiger partial charge in [-0.25, -0.2) is 0 Å². The first kappa shape index (κ1) is 18.5. The molecule has 28 heavy (non-hydrogen) atoms. The lowest BCUT2D eigenvalue weighted by molar-refractivity contribution is -0.274. The van der Waals surface area contributed by atoms with E-state index in [1.165, 1.54) is 44.6 Å². The second kappa shape index (κ2) is 7.06. The van der Waals surface area contributed by atoms with Crippen LogP contribution >= 0.6 is 0 Å². The Kier molecular flexibility index (Phi) is 4.67. The molecule has 5 atom stereocenters. The maximum atomic E-state index is 12.3. The van der Waals surface area contributed by atoms with Crippen LogP contribution in [-0.2, 0) is 6.54 Å². The predicted molar refractivity (Wildman–Crippen MR) is 101 cm³/mol. The van der Waals surface area contributed by atoms with Gasteiger partial charge in [-0.1, -0.05) is 24.3 Å². The van der Waals surface area contributed by atoms with Crippen molar-refractivity contribution in [2.45, 2.75) is 25.7 Å². The highest BCUT2D eigenvalue weighted by Crippen LogP contribution is 2.52. The molecule has 5 rings (SSSR count). The van der Waals surface area contributed by atoms with Crippen molar-refractivity contribution in [2.75, 3.05) is 26.2 Å². The maximum Gasteiger partial charge on any atom is 0.573 e. The predicted octanol–water partition coefficient (Wildman–Crippen LogP) is 4.06. The van der Waals surface area contributed by atoms with Crippen LogP contribution in [0, 0.1) is 35.5 Å². The van der Waals surface area contributed by atoms with E-state index < -0.39 is 6.36 Å². The van der Waals surface area contributed by atoms with Crippen LogP contribution in [-0.4, -0.2) is 37.4 Å². The maximum absolute atomic E-state index is 12.3. The van der Waals surface area contributed by atoms with Gasteiger partial charge in [0.15, 0.2) is 0 Å². The van der Waals surface area contributed by atoms with Gasteiger partial charge < -0.3 is 15.0 Å². The van der Waals surface area contributed by atoms with Gasteiger partial charge in [-0.3, -0.25) is 0 Å². The Morgan fingerprint density at radius 3 is 2.61 bits per heavy atom. The van der Waals surface area contributed by atoms with Crippen molar-refractivity contribution in [1.82, 2.24) is 10.2 Å². The van der Waals surface area contributed by atoms with E-state index in [-0.39, 0.29) is 5.75 Å². The largest absolute Gasteiger partial charge is 0.573 e. The Morgan fingerprint density at radius 1 is 1.11 bits per heavy atom. The number of ether oxygens (including phenoxy) is 1. The first-order valence-electron chi connectivity index (χ1n) is 10.4. The van der Waals surface area contributed by atoms with E-state index >= 15 is 0 Å². The summed E-state index contributed by atoms with van der Waals surface area (Å²) in [7, 11) is 0. The summed E-state index contributed by atoms with van der Waals surface area (Å²) in [5.74, 6) is 4.74. The lowest BCUT2D eigenvalue weighted by Gasteiger charge is -2.26. The van der Waals surface area contributed by atoms with Crippen molar-refractivity contribution < 1.29 is 17.9 Å². The van der Waals surface area contributed by atoms with Gasteiger partial charge in [-0.15, -0.1) is 13.2 Å². The number of likely N-dealkylation sites (tertiary alicyclic amines) is 1. The van der Waals surface area contributed by atoms with Gasteiger partial charge in [0.05, 0.1) is 0 Å². The molecule has 4 aliphatic rings. The molecule has 0 aromatic heterocycles. The lowest BCUT2D eigenvalue weighted by Crippen LogP contribution is -2.33. The SMILES string of the molecule is FC(F)(F)Oc1cccc(CNCC2C3CN(CC4CC5C=CC4C5)CC23)c1. The zero-order chi connectivity index (χ0) is 19.3. The standard InChI is InChI=1S/C22H27F3N2O/c23-22(24,25)28-18-3-1-2-15(8-18)9-26-10-19-20-12-27(13-21(19)20)11-17-7-14-4-5-16(17)6-14/h1-5,8,14,16-17,19-21,26H,6-7,9-13H2. The van der Waals surface area contributed by atoms with Gasteiger partial charge >= 0.3 is 6.36 Å². The molecule has 1 aliphatic heterocycles. The summed E-state index contributed by atoms with van der Waals surface area (Å²) in [6, 6.07) is 6.23. The minimum Gasteiger partial charge on any atom is -0.406 e. The highest BCUT2D eigenvalue weighted by Gasteiger charge is 2.55. The number of allylic oxidation sites excluding steroid dienone is 2. The average Bonchev–Trinajstić information content (AvgIpc) is 3.07. The molecule has 1 aromatic rings. The first-order valence-corrected chi connectivity index (χ1v) is 10.4. The Labute approximate surface area is 163 Å². The smallest absolute Gasteiger partial charge is 0.406 e. The average molecular weight is 392 g/mol. The number of hydrogen-bond donors (Lipinski definition) is 1. The van der Waals surface area contributed by atoms with E-state index in [1.54, 1.807) is 6.07 Å². The number of piperidine rings is 1. The van der Waals surface area contributed by atoms with E-state index in [0.29, 0.717) is 6.54 Å². The van der Waals surface area contributed by atoms with Crippen LogP contribution in [0.15, 0.2) is 36.4 Å². The Bertz CT molecular complexity index is 738. The number of hydrogen-bond acceptors (Lipinski definition) is 3. The number of halogens is 3. The Hall–Kier alpha value is -1.53. The molecule has 5 unspecified atom stereocenters. The highest BCUT2D eigenvalue weighted by molar-refractivity contribution is 5.28. The second-order valence-electron chi connectivity index (χ2n) is 9.08. The number of fused-ring (bicyclic) bond motifs is 3. The number of alkyl halides is 3. The van der Waals surface area contributed by atoms with Gasteiger partial charge in [0, 0.05) is 26.2 Å². The van der Waals surface area contributed by atoms with Crippen LogP contribution in [0.4, 0.5) is 13.2 Å². The monoisotopic (exact) mass is 392 g/mol. The molecule has 2 bridgehead atoms. The third-order valence-electron chi connectivity index (χ3n) is 7.20. The molecule has 1 N–H and O–H groups in total. The molecular formula is C22H27F3N2O. The van der Waals surface area contributed by atoms with Crippen LogP contribution in [0.2, 0.25) is 0 Å². The van der Waals surface area contributed by atoms with Crippen molar-refractivity contribution in [3.8, 4) is 5.75 Å². The topological polar surface area (TPSA) is 24.5 Å². The normalized spacial score (nSPS) is 36.1. The van der Waals surface area contributed by atoms with E-state index in [0.717, 1.165) is 47.6 Å². The summed E-state index contributed by atoms with van der Waals surface area (Å²) in [5, 5.41) is 3.43. The minimum atomic E-state index is -4.64. The summed E-state index contributed by atoms with van der Waals surface area (Å²) in [6.07, 6.45) is 2.98. The zero-order valence-corrected chi connectivity index (χ0v) is 15.9. The first-order chi connectivity index (χ1) is 13.4. The lowest BCUT2D eigenvalue weighted by atomic mass is 9.93. The van der Waals surface area contributed by atoms with Gasteiger partial charge in [-0.2, -0.15) is 0 Å². The van der Waals surface area contributed by atoms with Crippen LogP contribution in [0.1, 0.15) is 18.4 Å². The molecule has 6 heteroatoms. The molecule has 0 amide bonds. The fourth-order valence-electron chi connectivity index (χ4n) is 5.86. The third-order valence-corrected chi connectivity index (χ3v) is 7.20. The van der Waals surface area contributed by atoms with Crippen molar-refractivity contribution >= 4 is 0 Å². The molecule has 1 saturated heterocycles. The van der Waals surface area contributed by atoms with Crippen molar-refractivity contribution in [1.29, 1.82) is 0 Å². The van der Waals surface area contributed by atoms with Crippen molar-refractivity contribution in [2.24, 2.45) is 35.5 Å². The summed E-state index contributed by atoms with van der Waals surface area (Å²) >= 11 is 0. The molecular weight excluding hydrogens is 365 g/mol. The third kappa shape index (κ3) is 3.94. The Balaban J connectivity index is 1.03. The van der Waals surface area contributed by atoms with Gasteiger partial charge in [0.1, 0.15) is 5.75 Å². The molecule has 3 fully saturated rings. The molecule has 0 spiro atoms. The number of nitrogens with one attached hydrogen (secondary N) is 1. The number of rotatable bonds is 7. The van der Waals surface area contributed by atoms with Crippen LogP contribution in [0.25, 0.3) is 0 Å². The summed E-state index contributed by atoms with van der Waals surface area (Å²) in [5.41, 5.74) is 0.818. The van der Waals surface area contributed by atoms with Gasteiger partial charge in [0.2, 0.25) is 0 Å². The fourth-order valence-corrected chi connectivity index (χ4v) is 5.86. The number of benzene rings is 1. The summed E-state index contributed by atoms with van der Waals surface area (Å²) < 4.78 is 41.0. The van der Waals surface area contributed by atoms with Crippen molar-refractivity contribution in [3.63, 3.8) is 0 Å². The second-order valence-corrected chi connectivity index (χ2v) is 9.08. The van der Waals surface area contributed by atoms with E-state index in [1.807, 2.05) is 6.07 Å². The van der Waals surface area contributed by atoms with Gasteiger partial charge in [-0.05, 0) is 72.6 Å². The van der Waals surface area contributed by atoms with Crippen LogP contribution in [0.3, 0.4) is 0 Å². The van der Waals surface area contributed by atoms with E-state index in [2.05, 4.69) is 27.1 Å². The molecule has 3 nitrogen and oxygen atoms in total. The quantitative estimate of drug-likeness (QED) is 0.708. The summed E-state index contributed by atoms with van der Waals surface area (Å²) in [6.45, 7) is 5.24. The van der Waals surface area contributed by atoms with Crippen LogP contribution < -0.4 is 10.1 Å². The summed E-state index contributed by atoms with van der Waals surface area (Å²) in [4.78, 5) is 2.67. The van der Waals surface area contributed by atoms with E-state index in [4.69, 9.17) is 0 Å². The Morgan fingerprint density at radius 2 is 1.93 bits per heavy atom. The highest BCUT2D eigenvalue weighted by atomic mass is 19.4. The van der Waals surface area contributed by atoms with Crippen molar-refractivity contribution in [3.05, 3.63) is 42.0 Å².